The number of nitrogens with one attached hydrogen (secondary N) is 2. The number of aromatic nitrogens is 1. The SMILES string of the molecule is CCN(c1ccccc1)S(=O)(=O)c1ccc(C(=O)Nc2ccc(-c3csc(NC(=O)c4ccc(S(=O)(=O)N(CC)c5ccccc5)cc4)n3)cc2)cc1. The van der Waals surface area contributed by atoms with Crippen molar-refractivity contribution in [2.45, 2.75) is 23.6 Å². The van der Waals surface area contributed by atoms with E-state index in [1.807, 2.05) is 12.1 Å². The lowest BCUT2D eigenvalue weighted by Gasteiger charge is -2.23. The van der Waals surface area contributed by atoms with Crippen molar-refractivity contribution in [1.29, 1.82) is 0 Å². The van der Waals surface area contributed by atoms with E-state index in [1.165, 1.54) is 68.5 Å². The molecule has 0 aliphatic heterocycles. The molecular formula is C39H35N5O6S3. The number of hydrogen-bond acceptors (Lipinski definition) is 8. The summed E-state index contributed by atoms with van der Waals surface area (Å²) in [6.45, 7) is 4.02. The van der Waals surface area contributed by atoms with Crippen LogP contribution in [-0.2, 0) is 20.0 Å². The van der Waals surface area contributed by atoms with Crippen LogP contribution in [0.3, 0.4) is 0 Å². The summed E-state index contributed by atoms with van der Waals surface area (Å²) in [6.07, 6.45) is 0. The normalized spacial score (nSPS) is 11.4. The fourth-order valence-corrected chi connectivity index (χ4v) is 9.20. The summed E-state index contributed by atoms with van der Waals surface area (Å²) in [5.41, 5.74) is 3.56. The lowest BCUT2D eigenvalue weighted by molar-refractivity contribution is 0.101. The van der Waals surface area contributed by atoms with Crippen molar-refractivity contribution >= 4 is 65.4 Å². The van der Waals surface area contributed by atoms with Crippen LogP contribution in [0, 0.1) is 0 Å². The number of carbonyl (C=O) groups is 2. The van der Waals surface area contributed by atoms with Crippen molar-refractivity contribution in [1.82, 2.24) is 4.98 Å². The van der Waals surface area contributed by atoms with E-state index < -0.39 is 31.9 Å². The highest BCUT2D eigenvalue weighted by Gasteiger charge is 2.25. The highest BCUT2D eigenvalue weighted by Crippen LogP contribution is 2.28. The Bertz CT molecular complexity index is 2420. The Hall–Kier alpha value is -5.83. The highest BCUT2D eigenvalue weighted by molar-refractivity contribution is 7.93. The first-order valence-corrected chi connectivity index (χ1v) is 20.3. The van der Waals surface area contributed by atoms with Crippen LogP contribution in [0.4, 0.5) is 22.2 Å². The first-order valence-electron chi connectivity index (χ1n) is 16.6. The summed E-state index contributed by atoms with van der Waals surface area (Å²) in [7, 11) is -7.65. The fourth-order valence-electron chi connectivity index (χ4n) is 5.54. The van der Waals surface area contributed by atoms with Gasteiger partial charge < -0.3 is 5.32 Å². The Morgan fingerprint density at radius 2 is 1.02 bits per heavy atom. The smallest absolute Gasteiger partial charge is 0.264 e. The fraction of sp³-hybridized carbons (Fsp3) is 0.103. The molecule has 0 radical (unpaired) electrons. The van der Waals surface area contributed by atoms with E-state index in [0.29, 0.717) is 33.5 Å². The zero-order valence-electron chi connectivity index (χ0n) is 28.7. The monoisotopic (exact) mass is 765 g/mol. The van der Waals surface area contributed by atoms with Crippen molar-refractivity contribution in [3.05, 3.63) is 150 Å². The first-order chi connectivity index (χ1) is 25.5. The Labute approximate surface area is 312 Å². The van der Waals surface area contributed by atoms with Gasteiger partial charge in [-0.25, -0.2) is 21.8 Å². The minimum absolute atomic E-state index is 0.0716. The molecule has 0 atom stereocenters. The van der Waals surface area contributed by atoms with Gasteiger partial charge in [0, 0.05) is 40.8 Å². The van der Waals surface area contributed by atoms with Crippen LogP contribution in [0.2, 0.25) is 0 Å². The number of sulfonamides is 2. The molecule has 2 amide bonds. The Morgan fingerprint density at radius 3 is 1.45 bits per heavy atom. The molecule has 0 aliphatic rings. The molecule has 53 heavy (non-hydrogen) atoms. The molecule has 0 fully saturated rings. The summed E-state index contributed by atoms with van der Waals surface area (Å²) >= 11 is 1.23. The van der Waals surface area contributed by atoms with Gasteiger partial charge in [0.25, 0.3) is 31.9 Å². The summed E-state index contributed by atoms with van der Waals surface area (Å²) in [4.78, 5) is 30.6. The molecule has 270 valence electrons. The summed E-state index contributed by atoms with van der Waals surface area (Å²) in [6, 6.07) is 36.2. The molecule has 0 spiro atoms. The van der Waals surface area contributed by atoms with Gasteiger partial charge in [0.1, 0.15) is 0 Å². The van der Waals surface area contributed by atoms with Crippen LogP contribution < -0.4 is 19.2 Å². The van der Waals surface area contributed by atoms with Gasteiger partial charge in [0.2, 0.25) is 0 Å². The highest BCUT2D eigenvalue weighted by atomic mass is 32.2. The third kappa shape index (κ3) is 8.14. The van der Waals surface area contributed by atoms with Crippen molar-refractivity contribution in [2.75, 3.05) is 32.3 Å². The zero-order valence-corrected chi connectivity index (χ0v) is 31.2. The predicted molar refractivity (Wildman–Crippen MR) is 210 cm³/mol. The maximum Gasteiger partial charge on any atom is 0.264 e. The minimum atomic E-state index is -3.83. The number of carbonyl (C=O) groups excluding carboxylic acids is 2. The molecule has 6 aromatic rings. The summed E-state index contributed by atoms with van der Waals surface area (Å²) < 4.78 is 55.8. The van der Waals surface area contributed by atoms with E-state index >= 15 is 0 Å². The third-order valence-electron chi connectivity index (χ3n) is 8.23. The van der Waals surface area contributed by atoms with E-state index in [2.05, 4.69) is 15.6 Å². The predicted octanol–water partition coefficient (Wildman–Crippen LogP) is 7.75. The number of rotatable bonds is 13. The van der Waals surface area contributed by atoms with Gasteiger partial charge in [-0.15, -0.1) is 11.3 Å². The van der Waals surface area contributed by atoms with Crippen molar-refractivity contribution in [3.8, 4) is 11.3 Å². The lowest BCUT2D eigenvalue weighted by Crippen LogP contribution is -2.30. The Morgan fingerprint density at radius 1 is 0.585 bits per heavy atom. The second kappa shape index (κ2) is 15.8. The first kappa shape index (κ1) is 36.9. The number of anilines is 4. The van der Waals surface area contributed by atoms with Crippen LogP contribution in [0.1, 0.15) is 34.6 Å². The molecule has 11 nitrogen and oxygen atoms in total. The number of hydrogen-bond donors (Lipinski definition) is 2. The van der Waals surface area contributed by atoms with Crippen LogP contribution in [0.15, 0.2) is 149 Å². The van der Waals surface area contributed by atoms with E-state index in [1.54, 1.807) is 92.0 Å². The topological polar surface area (TPSA) is 146 Å². The summed E-state index contributed by atoms with van der Waals surface area (Å²) in [5.74, 6) is -0.840. The molecule has 14 heteroatoms. The number of thiazole rings is 1. The maximum absolute atomic E-state index is 13.3. The molecular weight excluding hydrogens is 731 g/mol. The lowest BCUT2D eigenvalue weighted by atomic mass is 10.1. The molecule has 5 aromatic carbocycles. The average Bonchev–Trinajstić information content (AvgIpc) is 3.65. The van der Waals surface area contributed by atoms with Crippen LogP contribution in [0.5, 0.6) is 0 Å². The molecule has 0 saturated carbocycles. The standard InChI is InChI=1S/C39H35N5O6S3/c1-3-43(32-11-7-5-8-12-32)52(47,48)34-23-17-29(18-24-34)37(45)40-31-21-15-28(16-22-31)36-27-51-39(41-36)42-38(46)30-19-25-35(26-20-30)53(49,50)44(4-2)33-13-9-6-10-14-33/h5-27H,3-4H2,1-2H3,(H,40,45)(H,41,42,46). The largest absolute Gasteiger partial charge is 0.322 e. The quantitative estimate of drug-likeness (QED) is 0.122. The molecule has 0 saturated heterocycles. The second-order valence-corrected chi connectivity index (χ2v) is 16.2. The van der Waals surface area contributed by atoms with Crippen molar-refractivity contribution in [3.63, 3.8) is 0 Å². The van der Waals surface area contributed by atoms with E-state index in [-0.39, 0.29) is 28.4 Å². The van der Waals surface area contributed by atoms with Gasteiger partial charge in [-0.05, 0) is 98.8 Å². The van der Waals surface area contributed by atoms with Crippen LogP contribution >= 0.6 is 11.3 Å². The maximum atomic E-state index is 13.3. The molecule has 0 aliphatic carbocycles. The van der Waals surface area contributed by atoms with Gasteiger partial charge in [-0.2, -0.15) is 0 Å². The van der Waals surface area contributed by atoms with Crippen molar-refractivity contribution < 1.29 is 26.4 Å². The van der Waals surface area contributed by atoms with E-state index in [9.17, 15) is 26.4 Å². The molecule has 6 rings (SSSR count). The number of benzene rings is 5. The van der Waals surface area contributed by atoms with Gasteiger partial charge in [-0.1, -0.05) is 48.5 Å². The third-order valence-corrected chi connectivity index (χ3v) is 12.8. The molecule has 0 bridgehead atoms. The van der Waals surface area contributed by atoms with Gasteiger partial charge in [-0.3, -0.25) is 23.5 Å². The van der Waals surface area contributed by atoms with E-state index in [4.69, 9.17) is 0 Å². The molecule has 2 N–H and O–H groups in total. The Balaban J connectivity index is 1.06. The minimum Gasteiger partial charge on any atom is -0.322 e. The second-order valence-electron chi connectivity index (χ2n) is 11.6. The summed E-state index contributed by atoms with van der Waals surface area (Å²) in [5, 5.41) is 7.73. The molecule has 1 aromatic heterocycles. The van der Waals surface area contributed by atoms with E-state index in [0.717, 1.165) is 5.56 Å². The van der Waals surface area contributed by atoms with Gasteiger partial charge >= 0.3 is 0 Å². The average molecular weight is 766 g/mol. The number of nitrogens with zero attached hydrogens (tertiary/aromatic N) is 3. The molecule has 1 heterocycles. The molecule has 0 unspecified atom stereocenters. The number of para-hydroxylation sites is 2. The van der Waals surface area contributed by atoms with Gasteiger partial charge in [0.05, 0.1) is 26.9 Å². The van der Waals surface area contributed by atoms with Crippen LogP contribution in [0.25, 0.3) is 11.3 Å². The Kier molecular flexibility index (Phi) is 11.0. The number of amides is 2. The zero-order chi connectivity index (χ0) is 37.6. The van der Waals surface area contributed by atoms with Gasteiger partial charge in [0.15, 0.2) is 5.13 Å². The van der Waals surface area contributed by atoms with Crippen molar-refractivity contribution in [2.24, 2.45) is 0 Å². The van der Waals surface area contributed by atoms with Crippen LogP contribution in [-0.4, -0.2) is 46.7 Å².